The summed E-state index contributed by atoms with van der Waals surface area (Å²) in [6.07, 6.45) is 4.68. The Kier molecular flexibility index (Phi) is 6.61. The van der Waals surface area contributed by atoms with Gasteiger partial charge in [-0.25, -0.2) is 13.8 Å². The third kappa shape index (κ3) is 5.62. The van der Waals surface area contributed by atoms with Gasteiger partial charge in [-0.1, -0.05) is 20.3 Å². The minimum absolute atomic E-state index is 0.209. The van der Waals surface area contributed by atoms with Crippen LogP contribution < -0.4 is 10.6 Å². The molecule has 0 radical (unpaired) electrons. The van der Waals surface area contributed by atoms with E-state index in [0.717, 1.165) is 43.4 Å². The molecular weight excluding hydrogens is 378 g/mol. The van der Waals surface area contributed by atoms with E-state index in [9.17, 15) is 18.4 Å². The molecule has 0 saturated heterocycles. The van der Waals surface area contributed by atoms with Gasteiger partial charge < -0.3 is 15.2 Å². The highest BCUT2D eigenvalue weighted by Gasteiger charge is 2.23. The van der Waals surface area contributed by atoms with Crippen LogP contribution in [0, 0.1) is 17.6 Å². The topological polar surface area (TPSA) is 76.0 Å². The molecule has 1 aliphatic heterocycles. The van der Waals surface area contributed by atoms with Crippen molar-refractivity contribution in [2.75, 3.05) is 5.32 Å². The maximum atomic E-state index is 13.3. The van der Waals surface area contributed by atoms with Crippen LogP contribution >= 0.6 is 0 Å². The molecule has 1 aromatic heterocycles. The Labute approximate surface area is 168 Å². The van der Waals surface area contributed by atoms with Crippen LogP contribution in [0.3, 0.4) is 0 Å². The molecule has 1 aromatic carbocycles. The number of rotatable bonds is 7. The molecule has 2 aromatic rings. The van der Waals surface area contributed by atoms with Crippen LogP contribution in [-0.4, -0.2) is 27.4 Å². The summed E-state index contributed by atoms with van der Waals surface area (Å²) in [5.74, 6) is -0.317. The highest BCUT2D eigenvalue weighted by Crippen LogP contribution is 2.21. The standard InChI is InChI=1S/C21H26F2N4O2/c1-3-4-17(24-20(28)9-14-7-15(22)10-16(23)8-14)21(29)26-18-12-27-11-13(2)5-6-19(27)25-18/h7-8,10,12-13,17H,3-6,9,11H2,1-2H3,(H,24,28)(H,26,29). The SMILES string of the molecule is CCCC(NC(=O)Cc1cc(F)cc(F)c1)C(=O)Nc1cn2c(n1)CCC(C)C2. The molecule has 2 unspecified atom stereocenters. The maximum Gasteiger partial charge on any atom is 0.248 e. The summed E-state index contributed by atoms with van der Waals surface area (Å²) in [5, 5.41) is 5.44. The van der Waals surface area contributed by atoms with Crippen LogP contribution in [0.2, 0.25) is 0 Å². The average Bonchev–Trinajstić information content (AvgIpc) is 3.01. The van der Waals surface area contributed by atoms with E-state index in [1.807, 2.05) is 13.1 Å². The zero-order valence-electron chi connectivity index (χ0n) is 16.7. The van der Waals surface area contributed by atoms with Crippen molar-refractivity contribution in [2.24, 2.45) is 5.92 Å². The lowest BCUT2D eigenvalue weighted by Gasteiger charge is -2.19. The summed E-state index contributed by atoms with van der Waals surface area (Å²) < 4.78 is 28.7. The van der Waals surface area contributed by atoms with Crippen molar-refractivity contribution in [2.45, 2.75) is 58.5 Å². The molecular formula is C21H26F2N4O2. The maximum absolute atomic E-state index is 13.3. The largest absolute Gasteiger partial charge is 0.344 e. The molecule has 0 aliphatic carbocycles. The zero-order chi connectivity index (χ0) is 21.0. The molecule has 0 fully saturated rings. The van der Waals surface area contributed by atoms with Crippen molar-refractivity contribution in [1.82, 2.24) is 14.9 Å². The molecule has 3 rings (SSSR count). The minimum atomic E-state index is -0.747. The van der Waals surface area contributed by atoms with E-state index in [2.05, 4.69) is 27.1 Å². The number of halogens is 2. The predicted molar refractivity (Wildman–Crippen MR) is 105 cm³/mol. The van der Waals surface area contributed by atoms with Gasteiger partial charge in [0.2, 0.25) is 11.8 Å². The normalized spacial score (nSPS) is 16.8. The van der Waals surface area contributed by atoms with Crippen LogP contribution in [0.15, 0.2) is 24.4 Å². The summed E-state index contributed by atoms with van der Waals surface area (Å²) in [6, 6.07) is 2.21. The van der Waals surface area contributed by atoms with E-state index in [4.69, 9.17) is 0 Å². The highest BCUT2D eigenvalue weighted by molar-refractivity contribution is 5.96. The second-order valence-corrected chi connectivity index (χ2v) is 7.69. The Morgan fingerprint density at radius 2 is 2.00 bits per heavy atom. The van der Waals surface area contributed by atoms with Gasteiger partial charge in [-0.15, -0.1) is 0 Å². The smallest absolute Gasteiger partial charge is 0.248 e. The first-order chi connectivity index (χ1) is 13.8. The molecule has 2 atom stereocenters. The summed E-state index contributed by atoms with van der Waals surface area (Å²) in [5.41, 5.74) is 0.214. The van der Waals surface area contributed by atoms with Crippen LogP contribution in [0.1, 0.15) is 44.5 Å². The Bertz CT molecular complexity index is 877. The van der Waals surface area contributed by atoms with Crippen molar-refractivity contribution < 1.29 is 18.4 Å². The summed E-state index contributed by atoms with van der Waals surface area (Å²) >= 11 is 0. The van der Waals surface area contributed by atoms with Crippen LogP contribution in [-0.2, 0) is 29.0 Å². The van der Waals surface area contributed by atoms with Gasteiger partial charge in [0.25, 0.3) is 0 Å². The molecule has 8 heteroatoms. The first-order valence-corrected chi connectivity index (χ1v) is 9.95. The molecule has 156 valence electrons. The fraction of sp³-hybridized carbons (Fsp3) is 0.476. The number of anilines is 1. The number of benzene rings is 1. The van der Waals surface area contributed by atoms with Crippen LogP contribution in [0.4, 0.5) is 14.6 Å². The van der Waals surface area contributed by atoms with Gasteiger partial charge in [0, 0.05) is 25.2 Å². The van der Waals surface area contributed by atoms with Crippen molar-refractivity contribution in [3.05, 3.63) is 47.4 Å². The van der Waals surface area contributed by atoms with Crippen molar-refractivity contribution >= 4 is 17.6 Å². The monoisotopic (exact) mass is 404 g/mol. The van der Waals surface area contributed by atoms with E-state index in [0.29, 0.717) is 24.6 Å². The van der Waals surface area contributed by atoms with E-state index in [-0.39, 0.29) is 17.9 Å². The molecule has 2 N–H and O–H groups in total. The van der Waals surface area contributed by atoms with Crippen molar-refractivity contribution in [1.29, 1.82) is 0 Å². The van der Waals surface area contributed by atoms with Crippen molar-refractivity contribution in [3.63, 3.8) is 0 Å². The molecule has 6 nitrogen and oxygen atoms in total. The van der Waals surface area contributed by atoms with Gasteiger partial charge in [-0.3, -0.25) is 9.59 Å². The van der Waals surface area contributed by atoms with Crippen LogP contribution in [0.5, 0.6) is 0 Å². The Morgan fingerprint density at radius 1 is 1.28 bits per heavy atom. The molecule has 0 spiro atoms. The van der Waals surface area contributed by atoms with Gasteiger partial charge >= 0.3 is 0 Å². The third-order valence-electron chi connectivity index (χ3n) is 5.00. The van der Waals surface area contributed by atoms with Crippen LogP contribution in [0.25, 0.3) is 0 Å². The zero-order valence-corrected chi connectivity index (χ0v) is 16.7. The second-order valence-electron chi connectivity index (χ2n) is 7.69. The molecule has 2 heterocycles. The van der Waals surface area contributed by atoms with E-state index < -0.39 is 23.6 Å². The Morgan fingerprint density at radius 3 is 2.69 bits per heavy atom. The van der Waals surface area contributed by atoms with Crippen molar-refractivity contribution in [3.8, 4) is 0 Å². The Hall–Kier alpha value is -2.77. The first kappa shape index (κ1) is 21.0. The minimum Gasteiger partial charge on any atom is -0.344 e. The fourth-order valence-electron chi connectivity index (χ4n) is 3.59. The number of aromatic nitrogens is 2. The number of nitrogens with zero attached hydrogens (tertiary/aromatic N) is 2. The summed E-state index contributed by atoms with van der Waals surface area (Å²) in [7, 11) is 0. The average molecular weight is 404 g/mol. The fourth-order valence-corrected chi connectivity index (χ4v) is 3.59. The summed E-state index contributed by atoms with van der Waals surface area (Å²) in [6.45, 7) is 4.96. The van der Waals surface area contributed by atoms with Gasteiger partial charge in [0.15, 0.2) is 5.82 Å². The third-order valence-corrected chi connectivity index (χ3v) is 5.00. The Balaban J connectivity index is 1.62. The lowest BCUT2D eigenvalue weighted by Crippen LogP contribution is -2.44. The molecule has 1 aliphatic rings. The number of nitrogens with one attached hydrogen (secondary N) is 2. The number of hydrogen-bond donors (Lipinski definition) is 2. The van der Waals surface area contributed by atoms with Gasteiger partial charge in [-0.05, 0) is 36.5 Å². The number of amides is 2. The highest BCUT2D eigenvalue weighted by atomic mass is 19.1. The molecule has 2 amide bonds. The molecule has 29 heavy (non-hydrogen) atoms. The van der Waals surface area contributed by atoms with E-state index in [1.54, 1.807) is 0 Å². The molecule has 0 bridgehead atoms. The molecule has 0 saturated carbocycles. The van der Waals surface area contributed by atoms with Gasteiger partial charge in [0.1, 0.15) is 23.5 Å². The number of carbonyl (C=O) groups excluding carboxylic acids is 2. The number of carbonyl (C=O) groups is 2. The first-order valence-electron chi connectivity index (χ1n) is 9.95. The summed E-state index contributed by atoms with van der Waals surface area (Å²) in [4.78, 5) is 29.5. The quantitative estimate of drug-likeness (QED) is 0.744. The second kappa shape index (κ2) is 9.15. The number of imidazole rings is 1. The van der Waals surface area contributed by atoms with E-state index in [1.165, 1.54) is 0 Å². The van der Waals surface area contributed by atoms with E-state index >= 15 is 0 Å². The number of hydrogen-bond acceptors (Lipinski definition) is 3. The van der Waals surface area contributed by atoms with Gasteiger partial charge in [-0.2, -0.15) is 0 Å². The van der Waals surface area contributed by atoms with Gasteiger partial charge in [0.05, 0.1) is 6.42 Å². The number of fused-ring (bicyclic) bond motifs is 1. The predicted octanol–water partition coefficient (Wildman–Crippen LogP) is 3.21. The lowest BCUT2D eigenvalue weighted by molar-refractivity contribution is -0.126. The lowest BCUT2D eigenvalue weighted by atomic mass is 10.0. The number of aryl methyl sites for hydroxylation is 1.